The number of carbonyl (C=O) groups is 2. The summed E-state index contributed by atoms with van der Waals surface area (Å²) in [5, 5.41) is 4.66. The molecule has 0 aliphatic carbocycles. The Kier molecular flexibility index (Phi) is 3.24. The van der Waals surface area contributed by atoms with E-state index >= 15 is 0 Å². The molecule has 1 aromatic rings. The van der Waals surface area contributed by atoms with E-state index in [1.165, 1.54) is 11.3 Å². The highest BCUT2D eigenvalue weighted by Crippen LogP contribution is 2.18. The minimum absolute atomic E-state index is 0.0236. The van der Waals surface area contributed by atoms with Gasteiger partial charge in [0.25, 0.3) is 5.91 Å². The summed E-state index contributed by atoms with van der Waals surface area (Å²) in [4.78, 5) is 25.9. The molecule has 5 heteroatoms. The van der Waals surface area contributed by atoms with Gasteiger partial charge >= 0.3 is 0 Å². The molecule has 0 spiro atoms. The van der Waals surface area contributed by atoms with Crippen molar-refractivity contribution < 1.29 is 9.59 Å². The summed E-state index contributed by atoms with van der Waals surface area (Å²) in [6.07, 6.45) is 0.821. The SMILES string of the molecule is Cc1ccsc1C(=O)N1CCCNC(=O)C1. The third-order valence-corrected chi connectivity index (χ3v) is 3.61. The minimum atomic E-state index is -0.0694. The fourth-order valence-corrected chi connectivity index (χ4v) is 2.61. The molecule has 1 aromatic heterocycles. The molecule has 1 N–H and O–H groups in total. The number of aryl methyl sites for hydroxylation is 1. The first kappa shape index (κ1) is 11.1. The molecule has 0 atom stereocenters. The van der Waals surface area contributed by atoms with E-state index in [9.17, 15) is 9.59 Å². The number of carbonyl (C=O) groups excluding carboxylic acids is 2. The molecule has 1 fully saturated rings. The molecule has 0 radical (unpaired) electrons. The van der Waals surface area contributed by atoms with Crippen molar-refractivity contribution in [2.75, 3.05) is 19.6 Å². The van der Waals surface area contributed by atoms with Gasteiger partial charge in [-0.2, -0.15) is 0 Å². The van der Waals surface area contributed by atoms with E-state index in [0.29, 0.717) is 13.1 Å². The highest BCUT2D eigenvalue weighted by Gasteiger charge is 2.22. The molecule has 2 rings (SSSR count). The summed E-state index contributed by atoms with van der Waals surface area (Å²) in [7, 11) is 0. The van der Waals surface area contributed by atoms with Crippen molar-refractivity contribution in [2.24, 2.45) is 0 Å². The Morgan fingerprint density at radius 3 is 3.06 bits per heavy atom. The molecule has 0 aromatic carbocycles. The Morgan fingerprint density at radius 2 is 2.38 bits per heavy atom. The zero-order valence-electron chi connectivity index (χ0n) is 9.16. The highest BCUT2D eigenvalue weighted by atomic mass is 32.1. The molecule has 1 saturated heterocycles. The van der Waals surface area contributed by atoms with Gasteiger partial charge in [-0.05, 0) is 30.4 Å². The summed E-state index contributed by atoms with van der Waals surface area (Å²) in [5.74, 6) is -0.0930. The van der Waals surface area contributed by atoms with Crippen LogP contribution in [0.4, 0.5) is 0 Å². The second kappa shape index (κ2) is 4.65. The van der Waals surface area contributed by atoms with Gasteiger partial charge in [-0.15, -0.1) is 11.3 Å². The van der Waals surface area contributed by atoms with E-state index in [2.05, 4.69) is 5.32 Å². The zero-order valence-corrected chi connectivity index (χ0v) is 9.97. The van der Waals surface area contributed by atoms with Gasteiger partial charge in [-0.3, -0.25) is 9.59 Å². The summed E-state index contributed by atoms with van der Waals surface area (Å²) in [6.45, 7) is 3.40. The molecule has 2 amide bonds. The van der Waals surface area contributed by atoms with Gasteiger partial charge in [-0.1, -0.05) is 0 Å². The maximum absolute atomic E-state index is 12.1. The van der Waals surface area contributed by atoms with Crippen LogP contribution in [0.1, 0.15) is 21.7 Å². The molecule has 1 aliphatic heterocycles. The van der Waals surface area contributed by atoms with Crippen molar-refractivity contribution in [3.05, 3.63) is 21.9 Å². The molecule has 0 saturated carbocycles. The number of nitrogens with zero attached hydrogens (tertiary/aromatic N) is 1. The lowest BCUT2D eigenvalue weighted by Gasteiger charge is -2.18. The Balaban J connectivity index is 2.15. The predicted molar refractivity (Wildman–Crippen MR) is 62.6 cm³/mol. The first-order chi connectivity index (χ1) is 7.68. The Labute approximate surface area is 98.3 Å². The smallest absolute Gasteiger partial charge is 0.264 e. The first-order valence-electron chi connectivity index (χ1n) is 5.28. The lowest BCUT2D eigenvalue weighted by atomic mass is 10.2. The first-order valence-corrected chi connectivity index (χ1v) is 6.16. The zero-order chi connectivity index (χ0) is 11.5. The number of hydrogen-bond donors (Lipinski definition) is 1. The van der Waals surface area contributed by atoms with Crippen LogP contribution >= 0.6 is 11.3 Å². The van der Waals surface area contributed by atoms with Crippen LogP contribution in [0.25, 0.3) is 0 Å². The second-order valence-electron chi connectivity index (χ2n) is 3.86. The fraction of sp³-hybridized carbons (Fsp3) is 0.455. The maximum Gasteiger partial charge on any atom is 0.264 e. The highest BCUT2D eigenvalue weighted by molar-refractivity contribution is 7.12. The molecule has 0 unspecified atom stereocenters. The maximum atomic E-state index is 12.1. The monoisotopic (exact) mass is 238 g/mol. The van der Waals surface area contributed by atoms with Gasteiger partial charge < -0.3 is 10.2 Å². The van der Waals surface area contributed by atoms with Gasteiger partial charge in [0.05, 0.1) is 11.4 Å². The van der Waals surface area contributed by atoms with E-state index in [-0.39, 0.29) is 18.4 Å². The number of hydrogen-bond acceptors (Lipinski definition) is 3. The van der Waals surface area contributed by atoms with Crippen LogP contribution in [0.3, 0.4) is 0 Å². The Hall–Kier alpha value is -1.36. The molecule has 1 aliphatic rings. The van der Waals surface area contributed by atoms with Gasteiger partial charge in [0.1, 0.15) is 0 Å². The van der Waals surface area contributed by atoms with Crippen molar-refractivity contribution in [1.29, 1.82) is 0 Å². The summed E-state index contributed by atoms with van der Waals surface area (Å²) in [6, 6.07) is 1.93. The van der Waals surface area contributed by atoms with Crippen molar-refractivity contribution in [2.45, 2.75) is 13.3 Å². The molecule has 0 bridgehead atoms. The largest absolute Gasteiger partial charge is 0.354 e. The summed E-state index contributed by atoms with van der Waals surface area (Å²) >= 11 is 1.44. The average Bonchev–Trinajstić information content (AvgIpc) is 2.55. The molecular formula is C11H14N2O2S. The number of thiophene rings is 1. The molecule has 86 valence electrons. The number of rotatable bonds is 1. The molecule has 2 heterocycles. The second-order valence-corrected chi connectivity index (χ2v) is 4.78. The van der Waals surface area contributed by atoms with Crippen molar-refractivity contribution in [3.63, 3.8) is 0 Å². The van der Waals surface area contributed by atoms with Crippen molar-refractivity contribution >= 4 is 23.2 Å². The van der Waals surface area contributed by atoms with Crippen LogP contribution in [-0.4, -0.2) is 36.3 Å². The summed E-state index contributed by atoms with van der Waals surface area (Å²) in [5.41, 5.74) is 0.986. The fourth-order valence-electron chi connectivity index (χ4n) is 1.71. The van der Waals surface area contributed by atoms with Gasteiger partial charge in [0.15, 0.2) is 0 Å². The van der Waals surface area contributed by atoms with E-state index in [1.54, 1.807) is 4.90 Å². The molecule has 4 nitrogen and oxygen atoms in total. The molecule has 16 heavy (non-hydrogen) atoms. The van der Waals surface area contributed by atoms with Crippen LogP contribution in [0.2, 0.25) is 0 Å². The van der Waals surface area contributed by atoms with E-state index < -0.39 is 0 Å². The number of amides is 2. The van der Waals surface area contributed by atoms with Crippen molar-refractivity contribution in [3.8, 4) is 0 Å². The van der Waals surface area contributed by atoms with Crippen LogP contribution in [-0.2, 0) is 4.79 Å². The summed E-state index contributed by atoms with van der Waals surface area (Å²) < 4.78 is 0. The predicted octanol–water partition coefficient (Wildman–Crippen LogP) is 1.02. The average molecular weight is 238 g/mol. The normalized spacial score (nSPS) is 16.8. The quantitative estimate of drug-likeness (QED) is 0.794. The Bertz CT molecular complexity index is 414. The lowest BCUT2D eigenvalue weighted by Crippen LogP contribution is -2.37. The van der Waals surface area contributed by atoms with Crippen LogP contribution in [0.15, 0.2) is 11.4 Å². The van der Waals surface area contributed by atoms with Gasteiger partial charge in [0, 0.05) is 13.1 Å². The third-order valence-electron chi connectivity index (χ3n) is 2.60. The molecular weight excluding hydrogens is 224 g/mol. The van der Waals surface area contributed by atoms with Crippen molar-refractivity contribution in [1.82, 2.24) is 10.2 Å². The number of nitrogens with one attached hydrogen (secondary N) is 1. The van der Waals surface area contributed by atoms with Crippen LogP contribution < -0.4 is 5.32 Å². The standard InChI is InChI=1S/C11H14N2O2S/c1-8-3-6-16-10(8)11(15)13-5-2-4-12-9(14)7-13/h3,6H,2,4-5,7H2,1H3,(H,12,14). The Morgan fingerprint density at radius 1 is 1.56 bits per heavy atom. The van der Waals surface area contributed by atoms with E-state index in [1.807, 2.05) is 18.4 Å². The van der Waals surface area contributed by atoms with Gasteiger partial charge in [-0.25, -0.2) is 0 Å². The van der Waals surface area contributed by atoms with Crippen LogP contribution in [0, 0.1) is 6.92 Å². The third kappa shape index (κ3) is 2.24. The topological polar surface area (TPSA) is 49.4 Å². The van der Waals surface area contributed by atoms with Crippen LogP contribution in [0.5, 0.6) is 0 Å². The lowest BCUT2D eigenvalue weighted by molar-refractivity contribution is -0.121. The minimum Gasteiger partial charge on any atom is -0.354 e. The van der Waals surface area contributed by atoms with E-state index in [4.69, 9.17) is 0 Å². The van der Waals surface area contributed by atoms with E-state index in [0.717, 1.165) is 16.9 Å². The van der Waals surface area contributed by atoms with Gasteiger partial charge in [0.2, 0.25) is 5.91 Å².